The van der Waals surface area contributed by atoms with Gasteiger partial charge in [0.1, 0.15) is 5.75 Å². The molecule has 1 heterocycles. The number of benzene rings is 2. The highest BCUT2D eigenvalue weighted by Crippen LogP contribution is 2.34. The van der Waals surface area contributed by atoms with E-state index >= 15 is 0 Å². The van der Waals surface area contributed by atoms with Crippen LogP contribution >= 0.6 is 0 Å². The van der Waals surface area contributed by atoms with Crippen LogP contribution in [-0.2, 0) is 11.3 Å². The van der Waals surface area contributed by atoms with Crippen molar-refractivity contribution < 1.29 is 9.53 Å². The Bertz CT molecular complexity index is 625. The highest BCUT2D eigenvalue weighted by Gasteiger charge is 2.28. The molecular weight excluding hydrogens is 240 g/mol. The highest BCUT2D eigenvalue weighted by molar-refractivity contribution is 5.98. The average Bonchev–Trinajstić information content (AvgIpc) is 2.46. The van der Waals surface area contributed by atoms with Gasteiger partial charge in [-0.2, -0.15) is 0 Å². The normalized spacial score (nSPS) is 17.3. The van der Waals surface area contributed by atoms with E-state index in [1.165, 1.54) is 0 Å². The van der Waals surface area contributed by atoms with Crippen LogP contribution in [0.25, 0.3) is 0 Å². The van der Waals surface area contributed by atoms with Crippen molar-refractivity contribution in [3.8, 4) is 5.75 Å². The SMILES string of the molecule is NCc1cccc(C2Oc3ccccc3NC2=O)c1. The van der Waals surface area contributed by atoms with E-state index in [9.17, 15) is 4.79 Å². The summed E-state index contributed by atoms with van der Waals surface area (Å²) in [5.74, 6) is 0.526. The van der Waals surface area contributed by atoms with E-state index in [2.05, 4.69) is 5.32 Å². The van der Waals surface area contributed by atoms with Crippen molar-refractivity contribution in [2.75, 3.05) is 5.32 Å². The summed E-state index contributed by atoms with van der Waals surface area (Å²) in [5, 5.41) is 2.85. The van der Waals surface area contributed by atoms with Crippen LogP contribution in [0.2, 0.25) is 0 Å². The fourth-order valence-corrected chi connectivity index (χ4v) is 2.15. The summed E-state index contributed by atoms with van der Waals surface area (Å²) in [6.07, 6.45) is -0.624. The van der Waals surface area contributed by atoms with Gasteiger partial charge in [0.05, 0.1) is 5.69 Å². The Labute approximate surface area is 111 Å². The van der Waals surface area contributed by atoms with Gasteiger partial charge in [0.15, 0.2) is 0 Å². The molecule has 3 N–H and O–H groups in total. The molecular formula is C15H14N2O2. The summed E-state index contributed by atoms with van der Waals surface area (Å²) >= 11 is 0. The summed E-state index contributed by atoms with van der Waals surface area (Å²) in [4.78, 5) is 12.1. The zero-order valence-electron chi connectivity index (χ0n) is 10.3. The summed E-state index contributed by atoms with van der Waals surface area (Å²) in [7, 11) is 0. The number of carbonyl (C=O) groups is 1. The second-order valence-corrected chi connectivity index (χ2v) is 4.43. The van der Waals surface area contributed by atoms with E-state index in [0.29, 0.717) is 18.0 Å². The molecule has 0 aliphatic carbocycles. The first-order valence-electron chi connectivity index (χ1n) is 6.13. The van der Waals surface area contributed by atoms with Gasteiger partial charge < -0.3 is 15.8 Å². The van der Waals surface area contributed by atoms with Crippen LogP contribution in [0.3, 0.4) is 0 Å². The first-order valence-corrected chi connectivity index (χ1v) is 6.13. The molecule has 1 amide bonds. The van der Waals surface area contributed by atoms with Gasteiger partial charge in [-0.25, -0.2) is 0 Å². The number of hydrogen-bond acceptors (Lipinski definition) is 3. The summed E-state index contributed by atoms with van der Waals surface area (Å²) in [6.45, 7) is 0.443. The molecule has 19 heavy (non-hydrogen) atoms. The fourth-order valence-electron chi connectivity index (χ4n) is 2.15. The van der Waals surface area contributed by atoms with E-state index in [0.717, 1.165) is 11.1 Å². The summed E-state index contributed by atoms with van der Waals surface area (Å²) in [5.41, 5.74) is 8.12. The molecule has 2 aromatic rings. The minimum atomic E-state index is -0.624. The van der Waals surface area contributed by atoms with Crippen LogP contribution in [-0.4, -0.2) is 5.91 Å². The molecule has 0 saturated carbocycles. The monoisotopic (exact) mass is 254 g/mol. The number of carbonyl (C=O) groups excluding carboxylic acids is 1. The summed E-state index contributed by atoms with van der Waals surface area (Å²) < 4.78 is 5.78. The maximum Gasteiger partial charge on any atom is 0.270 e. The van der Waals surface area contributed by atoms with Gasteiger partial charge in [0.2, 0.25) is 6.10 Å². The number of nitrogens with two attached hydrogens (primary N) is 1. The number of nitrogens with one attached hydrogen (secondary N) is 1. The number of amides is 1. The number of hydrogen-bond donors (Lipinski definition) is 2. The predicted octanol–water partition coefficient (Wildman–Crippen LogP) is 2.22. The van der Waals surface area contributed by atoms with E-state index in [1.807, 2.05) is 48.5 Å². The lowest BCUT2D eigenvalue weighted by molar-refractivity contribution is -0.123. The highest BCUT2D eigenvalue weighted by atomic mass is 16.5. The van der Waals surface area contributed by atoms with Crippen molar-refractivity contribution >= 4 is 11.6 Å². The first kappa shape index (κ1) is 11.7. The van der Waals surface area contributed by atoms with Gasteiger partial charge >= 0.3 is 0 Å². The molecule has 4 nitrogen and oxygen atoms in total. The Morgan fingerprint density at radius 3 is 2.84 bits per heavy atom. The maximum absolute atomic E-state index is 12.1. The lowest BCUT2D eigenvalue weighted by atomic mass is 10.0. The molecule has 1 aliphatic heterocycles. The smallest absolute Gasteiger partial charge is 0.270 e. The van der Waals surface area contributed by atoms with Gasteiger partial charge in [-0.05, 0) is 17.7 Å². The molecule has 0 saturated heterocycles. The Hall–Kier alpha value is -2.33. The van der Waals surface area contributed by atoms with Crippen LogP contribution in [0.1, 0.15) is 17.2 Å². The second-order valence-electron chi connectivity index (χ2n) is 4.43. The number of para-hydroxylation sites is 2. The second kappa shape index (κ2) is 4.74. The van der Waals surface area contributed by atoms with E-state index < -0.39 is 6.10 Å². The van der Waals surface area contributed by atoms with Gasteiger partial charge in [-0.1, -0.05) is 36.4 Å². The lowest BCUT2D eigenvalue weighted by Crippen LogP contribution is -2.30. The van der Waals surface area contributed by atoms with Crippen molar-refractivity contribution in [2.45, 2.75) is 12.6 Å². The third-order valence-corrected chi connectivity index (χ3v) is 3.12. The lowest BCUT2D eigenvalue weighted by Gasteiger charge is -2.26. The standard InChI is InChI=1S/C15H14N2O2/c16-9-10-4-3-5-11(8-10)14-15(18)17-12-6-1-2-7-13(12)19-14/h1-8,14H,9,16H2,(H,17,18). The van der Waals surface area contributed by atoms with Crippen molar-refractivity contribution in [3.63, 3.8) is 0 Å². The largest absolute Gasteiger partial charge is 0.474 e. The van der Waals surface area contributed by atoms with Crippen LogP contribution in [0.4, 0.5) is 5.69 Å². The number of ether oxygens (including phenoxy) is 1. The van der Waals surface area contributed by atoms with E-state index in [4.69, 9.17) is 10.5 Å². The van der Waals surface area contributed by atoms with Gasteiger partial charge in [-0.3, -0.25) is 4.79 Å². The number of fused-ring (bicyclic) bond motifs is 1. The third kappa shape index (κ3) is 2.18. The molecule has 0 aromatic heterocycles. The van der Waals surface area contributed by atoms with Crippen molar-refractivity contribution in [3.05, 3.63) is 59.7 Å². The molecule has 3 rings (SSSR count). The molecule has 1 aliphatic rings. The van der Waals surface area contributed by atoms with Gasteiger partial charge in [-0.15, -0.1) is 0 Å². The molecule has 0 fully saturated rings. The zero-order valence-corrected chi connectivity index (χ0v) is 10.3. The van der Waals surface area contributed by atoms with Crippen molar-refractivity contribution in [2.24, 2.45) is 5.73 Å². The van der Waals surface area contributed by atoms with E-state index in [-0.39, 0.29) is 5.91 Å². The quantitative estimate of drug-likeness (QED) is 0.863. The van der Waals surface area contributed by atoms with Gasteiger partial charge in [0.25, 0.3) is 5.91 Å². The Balaban J connectivity index is 1.96. The van der Waals surface area contributed by atoms with E-state index in [1.54, 1.807) is 0 Å². The van der Waals surface area contributed by atoms with Crippen LogP contribution in [0.15, 0.2) is 48.5 Å². The number of rotatable bonds is 2. The minimum absolute atomic E-state index is 0.159. The maximum atomic E-state index is 12.1. The minimum Gasteiger partial charge on any atom is -0.474 e. The Kier molecular flexibility index (Phi) is 2.93. The third-order valence-electron chi connectivity index (χ3n) is 3.12. The molecule has 1 atom stereocenters. The van der Waals surface area contributed by atoms with Gasteiger partial charge in [0, 0.05) is 12.1 Å². The Morgan fingerprint density at radius 2 is 2.00 bits per heavy atom. The molecule has 0 spiro atoms. The Morgan fingerprint density at radius 1 is 1.16 bits per heavy atom. The molecule has 2 aromatic carbocycles. The zero-order chi connectivity index (χ0) is 13.2. The topological polar surface area (TPSA) is 64.3 Å². The van der Waals surface area contributed by atoms with Crippen LogP contribution < -0.4 is 15.8 Å². The molecule has 0 radical (unpaired) electrons. The number of anilines is 1. The molecule has 4 heteroatoms. The first-order chi connectivity index (χ1) is 9.28. The van der Waals surface area contributed by atoms with Crippen molar-refractivity contribution in [1.82, 2.24) is 0 Å². The molecule has 1 unspecified atom stereocenters. The molecule has 0 bridgehead atoms. The average molecular weight is 254 g/mol. The molecule has 96 valence electrons. The van der Waals surface area contributed by atoms with Crippen molar-refractivity contribution in [1.29, 1.82) is 0 Å². The van der Waals surface area contributed by atoms with Crippen LogP contribution in [0.5, 0.6) is 5.75 Å². The predicted molar refractivity (Wildman–Crippen MR) is 72.8 cm³/mol. The summed E-state index contributed by atoms with van der Waals surface area (Å²) in [6, 6.07) is 15.0. The van der Waals surface area contributed by atoms with Crippen LogP contribution in [0, 0.1) is 0 Å². The fraction of sp³-hybridized carbons (Fsp3) is 0.133.